The quantitative estimate of drug-likeness (QED) is 0.664. The smallest absolute Gasteiger partial charge is 0.322 e. The number of halogens is 3. The number of amides is 2. The lowest BCUT2D eigenvalue weighted by atomic mass is 10.2. The van der Waals surface area contributed by atoms with Crippen LogP contribution in [-0.2, 0) is 0 Å². The molecule has 0 unspecified atom stereocenters. The molecule has 1 fully saturated rings. The average molecular weight is 405 g/mol. The highest BCUT2D eigenvalue weighted by atomic mass is 35.5. The van der Waals surface area contributed by atoms with Crippen molar-refractivity contribution in [3.8, 4) is 11.4 Å². The van der Waals surface area contributed by atoms with Gasteiger partial charge < -0.3 is 14.7 Å². The van der Waals surface area contributed by atoms with Crippen LogP contribution in [0.1, 0.15) is 24.8 Å². The highest BCUT2D eigenvalue weighted by Crippen LogP contribution is 2.33. The van der Waals surface area contributed by atoms with E-state index in [9.17, 15) is 13.6 Å². The third-order valence-corrected chi connectivity index (χ3v) is 4.77. The summed E-state index contributed by atoms with van der Waals surface area (Å²) in [5.74, 6) is -0.859. The molecule has 1 atom stereocenters. The lowest BCUT2D eigenvalue weighted by Crippen LogP contribution is -2.34. The van der Waals surface area contributed by atoms with E-state index in [-0.39, 0.29) is 5.69 Å². The summed E-state index contributed by atoms with van der Waals surface area (Å²) in [5, 5.41) is 7.03. The van der Waals surface area contributed by atoms with Crippen LogP contribution < -0.4 is 5.32 Å². The molecular weight excluding hydrogens is 390 g/mol. The Morgan fingerprint density at radius 1 is 1.21 bits per heavy atom. The molecule has 0 spiro atoms. The zero-order valence-corrected chi connectivity index (χ0v) is 15.3. The molecule has 1 aliphatic heterocycles. The van der Waals surface area contributed by atoms with Crippen LogP contribution in [0.5, 0.6) is 0 Å². The van der Waals surface area contributed by atoms with Gasteiger partial charge in [0.25, 0.3) is 0 Å². The zero-order valence-electron chi connectivity index (χ0n) is 14.5. The Balaban J connectivity index is 1.52. The molecule has 28 heavy (non-hydrogen) atoms. The fourth-order valence-electron chi connectivity index (χ4n) is 3.13. The van der Waals surface area contributed by atoms with Gasteiger partial charge in [-0.15, -0.1) is 0 Å². The number of carbonyl (C=O) groups is 1. The minimum Gasteiger partial charge on any atom is -0.337 e. The molecule has 0 radical (unpaired) electrons. The molecule has 2 aromatic carbocycles. The van der Waals surface area contributed by atoms with Crippen LogP contribution in [0.25, 0.3) is 11.4 Å². The maximum Gasteiger partial charge on any atom is 0.322 e. The summed E-state index contributed by atoms with van der Waals surface area (Å²) in [6.07, 6.45) is 1.38. The van der Waals surface area contributed by atoms with Crippen molar-refractivity contribution in [2.24, 2.45) is 0 Å². The fraction of sp³-hybridized carbons (Fsp3) is 0.211. The van der Waals surface area contributed by atoms with Gasteiger partial charge in [0.2, 0.25) is 11.7 Å². The van der Waals surface area contributed by atoms with Gasteiger partial charge in [0.1, 0.15) is 17.7 Å². The number of likely N-dealkylation sites (tertiary alicyclic amines) is 1. The second-order valence-corrected chi connectivity index (χ2v) is 6.81. The summed E-state index contributed by atoms with van der Waals surface area (Å²) in [5.41, 5.74) is 0.645. The lowest BCUT2D eigenvalue weighted by Gasteiger charge is -2.22. The minimum absolute atomic E-state index is 0.0931. The Bertz CT molecular complexity index is 1010. The normalized spacial score (nSPS) is 16.4. The molecule has 1 saturated heterocycles. The molecule has 6 nitrogen and oxygen atoms in total. The number of aromatic nitrogens is 2. The molecule has 0 bridgehead atoms. The van der Waals surface area contributed by atoms with Gasteiger partial charge in [-0.25, -0.2) is 13.6 Å². The standard InChI is InChI=1S/C19H15ClF2N4O2/c20-12-5-3-11(4-6-12)17-24-18(28-25-17)16-2-1-9-26(16)19(27)23-15-8-7-13(21)10-14(15)22/h3-8,10,16H,1-2,9H2,(H,23,27)/t16-/m0/s1. The number of hydrogen-bond donors (Lipinski definition) is 1. The maximum atomic E-state index is 13.8. The van der Waals surface area contributed by atoms with Crippen LogP contribution >= 0.6 is 11.6 Å². The number of benzene rings is 2. The first-order chi connectivity index (χ1) is 13.5. The third kappa shape index (κ3) is 3.68. The van der Waals surface area contributed by atoms with E-state index < -0.39 is 23.7 Å². The van der Waals surface area contributed by atoms with E-state index in [1.165, 1.54) is 11.0 Å². The van der Waals surface area contributed by atoms with Crippen LogP contribution in [0.15, 0.2) is 47.0 Å². The molecule has 4 rings (SSSR count). The first-order valence-corrected chi connectivity index (χ1v) is 9.01. The average Bonchev–Trinajstić information content (AvgIpc) is 3.33. The van der Waals surface area contributed by atoms with Crippen molar-refractivity contribution in [2.45, 2.75) is 18.9 Å². The predicted octanol–water partition coefficient (Wildman–Crippen LogP) is 5.04. The maximum absolute atomic E-state index is 13.8. The monoisotopic (exact) mass is 404 g/mol. The van der Waals surface area contributed by atoms with Gasteiger partial charge >= 0.3 is 6.03 Å². The lowest BCUT2D eigenvalue weighted by molar-refractivity contribution is 0.193. The van der Waals surface area contributed by atoms with E-state index >= 15 is 0 Å². The summed E-state index contributed by atoms with van der Waals surface area (Å²) in [4.78, 5) is 18.5. The minimum atomic E-state index is -0.841. The molecule has 144 valence electrons. The van der Waals surface area contributed by atoms with E-state index in [2.05, 4.69) is 15.5 Å². The third-order valence-electron chi connectivity index (χ3n) is 4.52. The first kappa shape index (κ1) is 18.4. The Labute approximate surface area is 164 Å². The van der Waals surface area contributed by atoms with E-state index in [1.807, 2.05) is 0 Å². The Kier molecular flexibility index (Phi) is 4.95. The van der Waals surface area contributed by atoms with Gasteiger partial charge in [0, 0.05) is 23.2 Å². The van der Waals surface area contributed by atoms with Crippen LogP contribution in [0, 0.1) is 11.6 Å². The van der Waals surface area contributed by atoms with Gasteiger partial charge in [-0.2, -0.15) is 4.98 Å². The number of hydrogen-bond acceptors (Lipinski definition) is 4. The fourth-order valence-corrected chi connectivity index (χ4v) is 3.26. The summed E-state index contributed by atoms with van der Waals surface area (Å²) < 4.78 is 32.2. The summed E-state index contributed by atoms with van der Waals surface area (Å²) in [6, 6.07) is 9.03. The highest BCUT2D eigenvalue weighted by molar-refractivity contribution is 6.30. The van der Waals surface area contributed by atoms with Crippen molar-refractivity contribution in [1.82, 2.24) is 15.0 Å². The molecule has 1 N–H and O–H groups in total. The van der Waals surface area contributed by atoms with E-state index in [0.717, 1.165) is 18.1 Å². The molecule has 9 heteroatoms. The van der Waals surface area contributed by atoms with Crippen LogP contribution in [0.4, 0.5) is 19.3 Å². The van der Waals surface area contributed by atoms with Crippen molar-refractivity contribution in [3.05, 3.63) is 65.0 Å². The Morgan fingerprint density at radius 2 is 2.00 bits per heavy atom. The number of nitrogens with one attached hydrogen (secondary N) is 1. The largest absolute Gasteiger partial charge is 0.337 e. The predicted molar refractivity (Wildman–Crippen MR) is 98.8 cm³/mol. The summed E-state index contributed by atoms with van der Waals surface area (Å²) in [7, 11) is 0. The van der Waals surface area contributed by atoms with Crippen molar-refractivity contribution < 1.29 is 18.1 Å². The molecule has 2 amide bonds. The van der Waals surface area contributed by atoms with E-state index in [4.69, 9.17) is 16.1 Å². The molecule has 1 aliphatic rings. The summed E-state index contributed by atoms with van der Waals surface area (Å²) in [6.45, 7) is 0.456. The van der Waals surface area contributed by atoms with Crippen molar-refractivity contribution in [2.75, 3.05) is 11.9 Å². The number of carbonyl (C=O) groups excluding carboxylic acids is 1. The van der Waals surface area contributed by atoms with Gasteiger partial charge in [-0.3, -0.25) is 0 Å². The second-order valence-electron chi connectivity index (χ2n) is 6.37. The number of anilines is 1. The van der Waals surface area contributed by atoms with Gasteiger partial charge in [-0.1, -0.05) is 16.8 Å². The van der Waals surface area contributed by atoms with E-state index in [1.54, 1.807) is 24.3 Å². The first-order valence-electron chi connectivity index (χ1n) is 8.63. The number of rotatable bonds is 3. The van der Waals surface area contributed by atoms with Crippen LogP contribution in [0.3, 0.4) is 0 Å². The molecule has 0 saturated carbocycles. The second kappa shape index (κ2) is 7.55. The van der Waals surface area contributed by atoms with Crippen molar-refractivity contribution in [3.63, 3.8) is 0 Å². The van der Waals surface area contributed by atoms with Crippen molar-refractivity contribution >= 4 is 23.3 Å². The van der Waals surface area contributed by atoms with Gasteiger partial charge in [0.05, 0.1) is 5.69 Å². The van der Waals surface area contributed by atoms with Gasteiger partial charge in [0.15, 0.2) is 0 Å². The molecular formula is C19H15ClF2N4O2. The summed E-state index contributed by atoms with van der Waals surface area (Å²) >= 11 is 5.89. The van der Waals surface area contributed by atoms with E-state index in [0.29, 0.717) is 35.8 Å². The molecule has 1 aromatic heterocycles. The number of urea groups is 1. The van der Waals surface area contributed by atoms with Crippen molar-refractivity contribution in [1.29, 1.82) is 0 Å². The molecule has 3 aromatic rings. The number of nitrogens with zero attached hydrogens (tertiary/aromatic N) is 3. The molecule has 2 heterocycles. The Morgan fingerprint density at radius 3 is 2.75 bits per heavy atom. The van der Waals surface area contributed by atoms with Crippen LogP contribution in [0.2, 0.25) is 5.02 Å². The molecule has 0 aliphatic carbocycles. The SMILES string of the molecule is O=C(Nc1ccc(F)cc1F)N1CCC[C@H]1c1nc(-c2ccc(Cl)cc2)no1. The van der Waals surface area contributed by atoms with Crippen LogP contribution in [-0.4, -0.2) is 27.6 Å². The topological polar surface area (TPSA) is 71.3 Å². The Hall–Kier alpha value is -3.00. The highest BCUT2D eigenvalue weighted by Gasteiger charge is 2.34. The van der Waals surface area contributed by atoms with Gasteiger partial charge in [-0.05, 0) is 49.2 Å². The zero-order chi connectivity index (χ0) is 19.7.